The molecule has 110 valence electrons. The zero-order valence-corrected chi connectivity index (χ0v) is 11.3. The van der Waals surface area contributed by atoms with E-state index in [0.717, 1.165) is 18.2 Å². The predicted molar refractivity (Wildman–Crippen MR) is 71.5 cm³/mol. The Balaban J connectivity index is 2.66. The van der Waals surface area contributed by atoms with E-state index in [9.17, 15) is 14.0 Å². The van der Waals surface area contributed by atoms with Crippen molar-refractivity contribution in [3.8, 4) is 0 Å². The summed E-state index contributed by atoms with van der Waals surface area (Å²) in [7, 11) is 0. The van der Waals surface area contributed by atoms with Crippen molar-refractivity contribution in [2.75, 3.05) is 18.5 Å². The standard InChI is InChI=1S/C13H17FN2O4/c1-3-20-8(2)7-15-13(19)16-11-6-9(14)4-5-10(11)12(17)18/h4-6,8H,3,7H2,1-2H3,(H,17,18)(H2,15,16,19). The summed E-state index contributed by atoms with van der Waals surface area (Å²) in [5.74, 6) is -1.88. The number of halogens is 1. The Hall–Kier alpha value is -2.15. The average molecular weight is 284 g/mol. The SMILES string of the molecule is CCOC(C)CNC(=O)Nc1cc(F)ccc1C(=O)O. The highest BCUT2D eigenvalue weighted by atomic mass is 19.1. The minimum atomic E-state index is -1.25. The number of benzene rings is 1. The molecule has 2 amide bonds. The first-order valence-electron chi connectivity index (χ1n) is 6.13. The zero-order chi connectivity index (χ0) is 15.1. The van der Waals surface area contributed by atoms with E-state index in [4.69, 9.17) is 9.84 Å². The minimum absolute atomic E-state index is 0.0981. The molecule has 0 saturated heterocycles. The van der Waals surface area contributed by atoms with Crippen LogP contribution in [0.4, 0.5) is 14.9 Å². The highest BCUT2D eigenvalue weighted by molar-refractivity contribution is 5.99. The number of aromatic carboxylic acids is 1. The van der Waals surface area contributed by atoms with Crippen molar-refractivity contribution in [3.05, 3.63) is 29.6 Å². The second-order valence-electron chi connectivity index (χ2n) is 4.10. The summed E-state index contributed by atoms with van der Waals surface area (Å²) in [4.78, 5) is 22.6. The molecule has 1 rings (SSSR count). The van der Waals surface area contributed by atoms with E-state index in [1.807, 2.05) is 6.92 Å². The molecular weight excluding hydrogens is 267 g/mol. The number of carboxylic acids is 1. The number of amides is 2. The number of nitrogens with one attached hydrogen (secondary N) is 2. The van der Waals surface area contributed by atoms with Crippen molar-refractivity contribution in [1.82, 2.24) is 5.32 Å². The van der Waals surface area contributed by atoms with E-state index in [1.165, 1.54) is 0 Å². The Kier molecular flexibility index (Phi) is 5.92. The Morgan fingerprint density at radius 1 is 1.45 bits per heavy atom. The van der Waals surface area contributed by atoms with Gasteiger partial charge in [-0.05, 0) is 32.0 Å². The molecule has 3 N–H and O–H groups in total. The Morgan fingerprint density at radius 2 is 2.15 bits per heavy atom. The Labute approximate surface area is 115 Å². The molecule has 7 heteroatoms. The van der Waals surface area contributed by atoms with Gasteiger partial charge in [-0.2, -0.15) is 0 Å². The lowest BCUT2D eigenvalue weighted by Gasteiger charge is -2.14. The summed E-state index contributed by atoms with van der Waals surface area (Å²) in [5.41, 5.74) is -0.279. The van der Waals surface area contributed by atoms with Gasteiger partial charge in [0, 0.05) is 13.2 Å². The molecule has 1 atom stereocenters. The second-order valence-corrected chi connectivity index (χ2v) is 4.10. The highest BCUT2D eigenvalue weighted by Gasteiger charge is 2.13. The summed E-state index contributed by atoms with van der Waals surface area (Å²) >= 11 is 0. The van der Waals surface area contributed by atoms with Crippen LogP contribution in [0, 0.1) is 5.82 Å². The molecule has 0 saturated carbocycles. The monoisotopic (exact) mass is 284 g/mol. The lowest BCUT2D eigenvalue weighted by molar-refractivity contribution is 0.0697. The molecule has 0 aliphatic carbocycles. The van der Waals surface area contributed by atoms with Crippen LogP contribution in [0.5, 0.6) is 0 Å². The van der Waals surface area contributed by atoms with Crippen molar-refractivity contribution in [3.63, 3.8) is 0 Å². The molecule has 0 aliphatic rings. The van der Waals surface area contributed by atoms with Crippen molar-refractivity contribution in [2.24, 2.45) is 0 Å². The largest absolute Gasteiger partial charge is 0.478 e. The summed E-state index contributed by atoms with van der Waals surface area (Å²) in [6, 6.07) is 2.44. The third kappa shape index (κ3) is 4.85. The van der Waals surface area contributed by atoms with E-state index in [1.54, 1.807) is 6.92 Å². The van der Waals surface area contributed by atoms with Gasteiger partial charge in [0.05, 0.1) is 17.4 Å². The van der Waals surface area contributed by atoms with Crippen LogP contribution in [0.1, 0.15) is 24.2 Å². The van der Waals surface area contributed by atoms with E-state index in [2.05, 4.69) is 10.6 Å². The first-order valence-corrected chi connectivity index (χ1v) is 6.13. The maximum Gasteiger partial charge on any atom is 0.337 e. The molecular formula is C13H17FN2O4. The quantitative estimate of drug-likeness (QED) is 0.746. The topological polar surface area (TPSA) is 87.7 Å². The number of urea groups is 1. The fourth-order valence-electron chi connectivity index (χ4n) is 1.55. The zero-order valence-electron chi connectivity index (χ0n) is 11.3. The van der Waals surface area contributed by atoms with Crippen molar-refractivity contribution >= 4 is 17.7 Å². The third-order valence-corrected chi connectivity index (χ3v) is 2.46. The van der Waals surface area contributed by atoms with Gasteiger partial charge in [-0.25, -0.2) is 14.0 Å². The molecule has 20 heavy (non-hydrogen) atoms. The lowest BCUT2D eigenvalue weighted by Crippen LogP contribution is -2.35. The summed E-state index contributed by atoms with van der Waals surface area (Å²) < 4.78 is 18.3. The van der Waals surface area contributed by atoms with Crippen LogP contribution in [0.3, 0.4) is 0 Å². The van der Waals surface area contributed by atoms with Crippen LogP contribution in [0.2, 0.25) is 0 Å². The van der Waals surface area contributed by atoms with Gasteiger partial charge in [0.15, 0.2) is 0 Å². The van der Waals surface area contributed by atoms with Crippen molar-refractivity contribution in [1.29, 1.82) is 0 Å². The molecule has 6 nitrogen and oxygen atoms in total. The fraction of sp³-hybridized carbons (Fsp3) is 0.385. The number of carboxylic acid groups (broad SMARTS) is 1. The number of rotatable bonds is 6. The van der Waals surface area contributed by atoms with Gasteiger partial charge < -0.3 is 20.5 Å². The molecule has 0 aromatic heterocycles. The predicted octanol–water partition coefficient (Wildman–Crippen LogP) is 2.07. The van der Waals surface area contributed by atoms with Crippen LogP contribution in [0.25, 0.3) is 0 Å². The van der Waals surface area contributed by atoms with Crippen molar-refractivity contribution in [2.45, 2.75) is 20.0 Å². The van der Waals surface area contributed by atoms with E-state index in [-0.39, 0.29) is 23.9 Å². The molecule has 0 heterocycles. The minimum Gasteiger partial charge on any atom is -0.478 e. The van der Waals surface area contributed by atoms with Crippen LogP contribution in [-0.4, -0.2) is 36.4 Å². The number of ether oxygens (including phenoxy) is 1. The molecule has 0 bridgehead atoms. The average Bonchev–Trinajstić information content (AvgIpc) is 2.36. The van der Waals surface area contributed by atoms with Gasteiger partial charge in [0.2, 0.25) is 0 Å². The van der Waals surface area contributed by atoms with Gasteiger partial charge >= 0.3 is 12.0 Å². The highest BCUT2D eigenvalue weighted by Crippen LogP contribution is 2.17. The van der Waals surface area contributed by atoms with Gasteiger partial charge in [-0.1, -0.05) is 0 Å². The Morgan fingerprint density at radius 3 is 2.75 bits per heavy atom. The fourth-order valence-corrected chi connectivity index (χ4v) is 1.55. The molecule has 1 unspecified atom stereocenters. The lowest BCUT2D eigenvalue weighted by atomic mass is 10.2. The van der Waals surface area contributed by atoms with Crippen LogP contribution >= 0.6 is 0 Å². The maximum atomic E-state index is 13.1. The maximum absolute atomic E-state index is 13.1. The van der Waals surface area contributed by atoms with Crippen LogP contribution < -0.4 is 10.6 Å². The second kappa shape index (κ2) is 7.44. The molecule has 0 radical (unpaired) electrons. The number of anilines is 1. The van der Waals surface area contributed by atoms with E-state index >= 15 is 0 Å². The number of carbonyl (C=O) groups is 2. The van der Waals surface area contributed by atoms with E-state index in [0.29, 0.717) is 6.61 Å². The van der Waals surface area contributed by atoms with Crippen LogP contribution in [0.15, 0.2) is 18.2 Å². The summed E-state index contributed by atoms with van der Waals surface area (Å²) in [6.45, 7) is 4.41. The molecule has 1 aromatic rings. The third-order valence-electron chi connectivity index (χ3n) is 2.46. The molecule has 0 fully saturated rings. The number of carbonyl (C=O) groups excluding carboxylic acids is 1. The molecule has 1 aromatic carbocycles. The van der Waals surface area contributed by atoms with Gasteiger partial charge in [-0.15, -0.1) is 0 Å². The normalized spacial score (nSPS) is 11.8. The molecule has 0 spiro atoms. The number of hydrogen-bond acceptors (Lipinski definition) is 3. The van der Waals surface area contributed by atoms with Gasteiger partial charge in [-0.3, -0.25) is 0 Å². The summed E-state index contributed by atoms with van der Waals surface area (Å²) in [5, 5.41) is 13.8. The summed E-state index contributed by atoms with van der Waals surface area (Å²) in [6.07, 6.45) is -0.169. The molecule has 0 aliphatic heterocycles. The van der Waals surface area contributed by atoms with E-state index < -0.39 is 17.8 Å². The van der Waals surface area contributed by atoms with Gasteiger partial charge in [0.1, 0.15) is 5.82 Å². The first-order chi connectivity index (χ1) is 9.43. The van der Waals surface area contributed by atoms with Gasteiger partial charge in [0.25, 0.3) is 0 Å². The van der Waals surface area contributed by atoms with Crippen LogP contribution in [-0.2, 0) is 4.74 Å². The van der Waals surface area contributed by atoms with Crippen molar-refractivity contribution < 1.29 is 23.8 Å². The smallest absolute Gasteiger partial charge is 0.337 e. The first kappa shape index (κ1) is 15.9. The Bertz CT molecular complexity index is 493. The number of hydrogen-bond donors (Lipinski definition) is 3.